The van der Waals surface area contributed by atoms with Crippen LogP contribution in [0.25, 0.3) is 0 Å². The summed E-state index contributed by atoms with van der Waals surface area (Å²) in [5.74, 6) is 0. The summed E-state index contributed by atoms with van der Waals surface area (Å²) in [5.41, 5.74) is 8.06. The lowest BCUT2D eigenvalue weighted by molar-refractivity contribution is 0.349. The van der Waals surface area contributed by atoms with E-state index in [0.717, 1.165) is 31.2 Å². The Labute approximate surface area is 115 Å². The lowest BCUT2D eigenvalue weighted by Gasteiger charge is -2.26. The van der Waals surface area contributed by atoms with Gasteiger partial charge in [0.15, 0.2) is 0 Å². The van der Waals surface area contributed by atoms with Crippen molar-refractivity contribution >= 4 is 21.6 Å². The van der Waals surface area contributed by atoms with Gasteiger partial charge < -0.3 is 5.73 Å². The van der Waals surface area contributed by atoms with E-state index >= 15 is 0 Å². The largest absolute Gasteiger partial charge is 0.398 e. The Morgan fingerprint density at radius 3 is 2.53 bits per heavy atom. The van der Waals surface area contributed by atoms with Crippen molar-refractivity contribution < 1.29 is 8.42 Å². The van der Waals surface area contributed by atoms with Crippen LogP contribution in [0.4, 0.5) is 11.4 Å². The monoisotopic (exact) mass is 283 g/mol. The molecule has 1 aliphatic heterocycles. The van der Waals surface area contributed by atoms with Crippen molar-refractivity contribution in [2.45, 2.75) is 32.6 Å². The zero-order valence-corrected chi connectivity index (χ0v) is 12.0. The molecule has 0 atom stereocenters. The van der Waals surface area contributed by atoms with Crippen LogP contribution in [-0.4, -0.2) is 25.8 Å². The number of anilines is 2. The predicted octanol–water partition coefficient (Wildman–Crippen LogP) is 1.97. The van der Waals surface area contributed by atoms with Crippen LogP contribution in [-0.2, 0) is 16.6 Å². The van der Waals surface area contributed by atoms with Crippen LogP contribution in [0.2, 0.25) is 0 Å². The predicted molar refractivity (Wildman–Crippen MR) is 78.2 cm³/mol. The average Bonchev–Trinajstić information content (AvgIpc) is 2.39. The maximum Gasteiger partial charge on any atom is 0.301 e. The van der Waals surface area contributed by atoms with Gasteiger partial charge in [0.25, 0.3) is 0 Å². The number of rotatable bonds is 4. The quantitative estimate of drug-likeness (QED) is 0.830. The Balaban J connectivity index is 2.13. The highest BCUT2D eigenvalue weighted by Gasteiger charge is 2.23. The lowest BCUT2D eigenvalue weighted by Crippen LogP contribution is -2.39. The van der Waals surface area contributed by atoms with Gasteiger partial charge in [-0.25, -0.2) is 0 Å². The van der Waals surface area contributed by atoms with Gasteiger partial charge in [-0.1, -0.05) is 19.4 Å². The summed E-state index contributed by atoms with van der Waals surface area (Å²) in [4.78, 5) is 0. The number of nitrogens with zero attached hydrogens (tertiary/aromatic N) is 1. The first kappa shape index (κ1) is 14.1. The number of aryl methyl sites for hydroxylation is 1. The van der Waals surface area contributed by atoms with Gasteiger partial charge in [-0.2, -0.15) is 12.7 Å². The van der Waals surface area contributed by atoms with Crippen LogP contribution < -0.4 is 10.5 Å². The minimum Gasteiger partial charge on any atom is -0.398 e. The van der Waals surface area contributed by atoms with E-state index in [0.29, 0.717) is 24.5 Å². The fourth-order valence-corrected chi connectivity index (χ4v) is 3.59. The molecule has 1 fully saturated rings. The molecule has 0 aromatic heterocycles. The Morgan fingerprint density at radius 2 is 1.95 bits per heavy atom. The van der Waals surface area contributed by atoms with E-state index in [1.807, 2.05) is 13.0 Å². The van der Waals surface area contributed by atoms with Crippen molar-refractivity contribution in [3.63, 3.8) is 0 Å². The van der Waals surface area contributed by atoms with E-state index < -0.39 is 10.2 Å². The summed E-state index contributed by atoms with van der Waals surface area (Å²) in [6, 6.07) is 5.31. The second-order valence-corrected chi connectivity index (χ2v) is 6.50. The molecule has 0 unspecified atom stereocenters. The standard InChI is InChI=1S/C13H21N3O2S/c1-2-11-6-7-12(10-13(11)14)15-19(17,18)16-8-4-3-5-9-16/h6-7,10,15H,2-5,8-9,14H2,1H3. The topological polar surface area (TPSA) is 75.4 Å². The van der Waals surface area contributed by atoms with Gasteiger partial charge in [-0.3, -0.25) is 4.72 Å². The van der Waals surface area contributed by atoms with Crippen LogP contribution in [0, 0.1) is 0 Å². The van der Waals surface area contributed by atoms with E-state index in [1.54, 1.807) is 12.1 Å². The minimum absolute atomic E-state index is 0.528. The molecule has 3 N–H and O–H groups in total. The second-order valence-electron chi connectivity index (χ2n) is 4.83. The average molecular weight is 283 g/mol. The number of hydrogen-bond donors (Lipinski definition) is 2. The first-order chi connectivity index (χ1) is 9.03. The third-order valence-electron chi connectivity index (χ3n) is 3.43. The third-order valence-corrected chi connectivity index (χ3v) is 4.97. The Bertz CT molecular complexity index is 537. The molecule has 0 amide bonds. The minimum atomic E-state index is -3.44. The zero-order valence-electron chi connectivity index (χ0n) is 11.2. The molecule has 0 bridgehead atoms. The first-order valence-electron chi connectivity index (χ1n) is 6.69. The van der Waals surface area contributed by atoms with Gasteiger partial charge in [-0.15, -0.1) is 0 Å². The summed E-state index contributed by atoms with van der Waals surface area (Å²) >= 11 is 0. The number of benzene rings is 1. The third kappa shape index (κ3) is 3.39. The summed E-state index contributed by atoms with van der Waals surface area (Å²) < 4.78 is 28.5. The molecule has 2 rings (SSSR count). The molecule has 1 heterocycles. The number of piperidine rings is 1. The Morgan fingerprint density at radius 1 is 1.26 bits per heavy atom. The molecular weight excluding hydrogens is 262 g/mol. The van der Waals surface area contributed by atoms with Gasteiger partial charge >= 0.3 is 10.2 Å². The summed E-state index contributed by atoms with van der Waals surface area (Å²) in [7, 11) is -3.44. The van der Waals surface area contributed by atoms with Crippen molar-refractivity contribution in [1.82, 2.24) is 4.31 Å². The maximum atomic E-state index is 12.2. The SMILES string of the molecule is CCc1ccc(NS(=O)(=O)N2CCCCC2)cc1N. The number of hydrogen-bond acceptors (Lipinski definition) is 3. The molecule has 106 valence electrons. The van der Waals surface area contributed by atoms with Crippen LogP contribution in [0.15, 0.2) is 18.2 Å². The smallest absolute Gasteiger partial charge is 0.301 e. The van der Waals surface area contributed by atoms with E-state index in [9.17, 15) is 8.42 Å². The van der Waals surface area contributed by atoms with Crippen LogP contribution in [0.3, 0.4) is 0 Å². The van der Waals surface area contributed by atoms with Crippen molar-refractivity contribution in [2.24, 2.45) is 0 Å². The Hall–Kier alpha value is -1.27. The maximum absolute atomic E-state index is 12.2. The molecular formula is C13H21N3O2S. The van der Waals surface area contributed by atoms with Crippen molar-refractivity contribution in [3.05, 3.63) is 23.8 Å². The normalized spacial score (nSPS) is 17.3. The molecule has 0 saturated carbocycles. The summed E-state index contributed by atoms with van der Waals surface area (Å²) in [6.07, 6.45) is 3.80. The highest BCUT2D eigenvalue weighted by Crippen LogP contribution is 2.21. The molecule has 1 aliphatic rings. The molecule has 1 aromatic rings. The van der Waals surface area contributed by atoms with Crippen LogP contribution >= 0.6 is 0 Å². The van der Waals surface area contributed by atoms with Gasteiger partial charge in [-0.05, 0) is 37.0 Å². The molecule has 6 heteroatoms. The number of nitrogens with one attached hydrogen (secondary N) is 1. The zero-order chi connectivity index (χ0) is 13.9. The molecule has 0 aliphatic carbocycles. The van der Waals surface area contributed by atoms with Gasteiger partial charge in [0.05, 0.1) is 5.69 Å². The van der Waals surface area contributed by atoms with Crippen LogP contribution in [0.1, 0.15) is 31.7 Å². The van der Waals surface area contributed by atoms with E-state index in [-0.39, 0.29) is 0 Å². The van der Waals surface area contributed by atoms with Crippen molar-refractivity contribution in [1.29, 1.82) is 0 Å². The molecule has 5 nitrogen and oxygen atoms in total. The molecule has 0 spiro atoms. The van der Waals surface area contributed by atoms with Gasteiger partial charge in [0.1, 0.15) is 0 Å². The van der Waals surface area contributed by atoms with Crippen molar-refractivity contribution in [3.8, 4) is 0 Å². The Kier molecular flexibility index (Phi) is 4.31. The lowest BCUT2D eigenvalue weighted by atomic mass is 10.1. The molecule has 1 saturated heterocycles. The van der Waals surface area contributed by atoms with Gasteiger partial charge in [0, 0.05) is 18.8 Å². The van der Waals surface area contributed by atoms with E-state index in [2.05, 4.69) is 4.72 Å². The first-order valence-corrected chi connectivity index (χ1v) is 8.13. The van der Waals surface area contributed by atoms with E-state index in [4.69, 9.17) is 5.73 Å². The number of nitrogens with two attached hydrogens (primary N) is 1. The number of nitrogen functional groups attached to an aromatic ring is 1. The highest BCUT2D eigenvalue weighted by atomic mass is 32.2. The van der Waals surface area contributed by atoms with Crippen LogP contribution in [0.5, 0.6) is 0 Å². The fraction of sp³-hybridized carbons (Fsp3) is 0.538. The fourth-order valence-electron chi connectivity index (χ4n) is 2.30. The van der Waals surface area contributed by atoms with E-state index in [1.165, 1.54) is 4.31 Å². The highest BCUT2D eigenvalue weighted by molar-refractivity contribution is 7.90. The second kappa shape index (κ2) is 5.79. The van der Waals surface area contributed by atoms with Crippen molar-refractivity contribution in [2.75, 3.05) is 23.5 Å². The van der Waals surface area contributed by atoms with Gasteiger partial charge in [0.2, 0.25) is 0 Å². The molecule has 0 radical (unpaired) electrons. The summed E-state index contributed by atoms with van der Waals surface area (Å²) in [6.45, 7) is 3.21. The molecule has 1 aromatic carbocycles. The molecule has 19 heavy (non-hydrogen) atoms. The summed E-state index contributed by atoms with van der Waals surface area (Å²) in [5, 5.41) is 0.